The van der Waals surface area contributed by atoms with Crippen molar-refractivity contribution in [3.8, 4) is 0 Å². The van der Waals surface area contributed by atoms with E-state index in [4.69, 9.17) is 0 Å². The number of nitrogens with zero attached hydrogens (tertiary/aromatic N) is 2. The molecule has 3 heteroatoms. The Hall–Kier alpha value is -0.410. The molecule has 116 valence electrons. The van der Waals surface area contributed by atoms with Crippen molar-refractivity contribution in [3.63, 3.8) is 0 Å². The number of hydrogen-bond donors (Lipinski definition) is 0. The summed E-state index contributed by atoms with van der Waals surface area (Å²) in [6.45, 7) is 13.7. The Kier molecular flexibility index (Phi) is 6.03. The minimum absolute atomic E-state index is 0.341. The van der Waals surface area contributed by atoms with Gasteiger partial charge in [-0.2, -0.15) is 0 Å². The molecule has 2 saturated heterocycles. The second-order valence-corrected chi connectivity index (χ2v) is 7.15. The van der Waals surface area contributed by atoms with Crippen molar-refractivity contribution in [2.24, 2.45) is 17.8 Å². The van der Waals surface area contributed by atoms with E-state index in [1.807, 2.05) is 0 Å². The van der Waals surface area contributed by atoms with E-state index in [0.29, 0.717) is 11.7 Å². The third kappa shape index (κ3) is 4.56. The molecule has 2 aliphatic heterocycles. The van der Waals surface area contributed by atoms with E-state index >= 15 is 0 Å². The van der Waals surface area contributed by atoms with Crippen LogP contribution >= 0.6 is 0 Å². The molecule has 0 aliphatic carbocycles. The summed E-state index contributed by atoms with van der Waals surface area (Å²) in [5, 5.41) is 0. The van der Waals surface area contributed by atoms with Crippen molar-refractivity contribution in [1.82, 2.24) is 9.80 Å². The molecule has 0 atom stereocenters. The molecule has 3 nitrogen and oxygen atoms in total. The maximum atomic E-state index is 11.4. The van der Waals surface area contributed by atoms with Gasteiger partial charge in [-0.15, -0.1) is 0 Å². The molecule has 2 fully saturated rings. The molecule has 2 rings (SSSR count). The van der Waals surface area contributed by atoms with E-state index in [1.54, 1.807) is 6.92 Å². The van der Waals surface area contributed by atoms with Crippen LogP contribution in [0.4, 0.5) is 0 Å². The van der Waals surface area contributed by atoms with Gasteiger partial charge in [0.05, 0.1) is 0 Å². The van der Waals surface area contributed by atoms with Crippen LogP contribution in [0.25, 0.3) is 0 Å². The number of ketones is 1. The van der Waals surface area contributed by atoms with Crippen LogP contribution in [-0.2, 0) is 4.79 Å². The number of rotatable bonds is 5. The van der Waals surface area contributed by atoms with Gasteiger partial charge in [0.25, 0.3) is 0 Å². The first kappa shape index (κ1) is 16.0. The number of carbonyl (C=O) groups is 1. The normalized spacial score (nSPS) is 24.4. The predicted molar refractivity (Wildman–Crippen MR) is 83.8 cm³/mol. The van der Waals surface area contributed by atoms with Gasteiger partial charge >= 0.3 is 0 Å². The average Bonchev–Trinajstić information content (AvgIpc) is 2.46. The summed E-state index contributed by atoms with van der Waals surface area (Å²) in [6, 6.07) is 0. The minimum atomic E-state index is 0.341. The van der Waals surface area contributed by atoms with Gasteiger partial charge in [-0.05, 0) is 70.6 Å². The van der Waals surface area contributed by atoms with Gasteiger partial charge in [0.15, 0.2) is 0 Å². The Morgan fingerprint density at radius 2 is 1.40 bits per heavy atom. The molecule has 0 aromatic heterocycles. The summed E-state index contributed by atoms with van der Waals surface area (Å²) in [4.78, 5) is 16.6. The fourth-order valence-corrected chi connectivity index (χ4v) is 3.69. The third-order valence-electron chi connectivity index (χ3n) is 5.47. The highest BCUT2D eigenvalue weighted by Gasteiger charge is 2.24. The molecule has 2 aliphatic rings. The molecule has 0 saturated carbocycles. The van der Waals surface area contributed by atoms with Crippen LogP contribution < -0.4 is 0 Å². The molecule has 0 bridgehead atoms. The van der Waals surface area contributed by atoms with Crippen molar-refractivity contribution in [2.75, 3.05) is 39.3 Å². The number of Topliss-reactive ketones (excluding diaryl/α,β-unsaturated/α-hetero) is 1. The summed E-state index contributed by atoms with van der Waals surface area (Å²) in [7, 11) is 0. The van der Waals surface area contributed by atoms with Gasteiger partial charge in [0, 0.05) is 19.0 Å². The molecule has 0 unspecified atom stereocenters. The number of carbonyl (C=O) groups excluding carboxylic acids is 1. The maximum Gasteiger partial charge on any atom is 0.133 e. The van der Waals surface area contributed by atoms with Crippen LogP contribution in [0, 0.1) is 17.8 Å². The molecule has 0 radical (unpaired) electrons. The van der Waals surface area contributed by atoms with Crippen LogP contribution in [0.3, 0.4) is 0 Å². The zero-order valence-electron chi connectivity index (χ0n) is 13.6. The summed E-state index contributed by atoms with van der Waals surface area (Å²) >= 11 is 0. The highest BCUT2D eigenvalue weighted by atomic mass is 16.1. The summed E-state index contributed by atoms with van der Waals surface area (Å²) in [5.74, 6) is 2.52. The lowest BCUT2D eigenvalue weighted by Gasteiger charge is -2.36. The second-order valence-electron chi connectivity index (χ2n) is 7.15. The van der Waals surface area contributed by atoms with E-state index in [2.05, 4.69) is 23.6 Å². The molecular weight excluding hydrogens is 248 g/mol. The van der Waals surface area contributed by atoms with Gasteiger partial charge in [-0.3, -0.25) is 4.79 Å². The SMILES string of the molecule is CC(=O)C1CCN(CCN2CCC(C(C)C)CC2)CC1. The molecule has 2 heterocycles. The monoisotopic (exact) mass is 280 g/mol. The average molecular weight is 280 g/mol. The van der Waals surface area contributed by atoms with E-state index in [1.165, 1.54) is 39.0 Å². The smallest absolute Gasteiger partial charge is 0.133 e. The molecular formula is C17H32N2O. The number of hydrogen-bond acceptors (Lipinski definition) is 3. The van der Waals surface area contributed by atoms with Crippen molar-refractivity contribution in [3.05, 3.63) is 0 Å². The topological polar surface area (TPSA) is 23.6 Å². The molecule has 0 N–H and O–H groups in total. The van der Waals surface area contributed by atoms with Gasteiger partial charge in [0.1, 0.15) is 5.78 Å². The summed E-state index contributed by atoms with van der Waals surface area (Å²) < 4.78 is 0. The molecule has 20 heavy (non-hydrogen) atoms. The van der Waals surface area contributed by atoms with Gasteiger partial charge in [-0.25, -0.2) is 0 Å². The quantitative estimate of drug-likeness (QED) is 0.773. The first-order valence-electron chi connectivity index (χ1n) is 8.51. The standard InChI is InChI=1S/C17H32N2O/c1-14(2)16-4-8-18(9-5-16)12-13-19-10-6-17(7-11-19)15(3)20/h14,16-17H,4-13H2,1-3H3. The Labute approximate surface area is 124 Å². The third-order valence-corrected chi connectivity index (χ3v) is 5.47. The summed E-state index contributed by atoms with van der Waals surface area (Å²) in [6.07, 6.45) is 4.91. The maximum absolute atomic E-state index is 11.4. The zero-order chi connectivity index (χ0) is 14.5. The van der Waals surface area contributed by atoms with Crippen LogP contribution in [0.15, 0.2) is 0 Å². The van der Waals surface area contributed by atoms with Crippen LogP contribution in [0.1, 0.15) is 46.5 Å². The van der Waals surface area contributed by atoms with E-state index in [-0.39, 0.29) is 0 Å². The first-order valence-corrected chi connectivity index (χ1v) is 8.51. The molecule has 0 aromatic rings. The Bertz CT molecular complexity index is 300. The largest absolute Gasteiger partial charge is 0.302 e. The lowest BCUT2D eigenvalue weighted by molar-refractivity contribution is -0.122. The predicted octanol–water partition coefficient (Wildman–Crippen LogP) is 2.66. The fourth-order valence-electron chi connectivity index (χ4n) is 3.69. The molecule has 0 amide bonds. The Morgan fingerprint density at radius 3 is 1.80 bits per heavy atom. The highest BCUT2D eigenvalue weighted by molar-refractivity contribution is 5.78. The molecule has 0 aromatic carbocycles. The van der Waals surface area contributed by atoms with Crippen molar-refractivity contribution < 1.29 is 4.79 Å². The van der Waals surface area contributed by atoms with Crippen molar-refractivity contribution >= 4 is 5.78 Å². The first-order chi connectivity index (χ1) is 9.56. The van der Waals surface area contributed by atoms with Crippen LogP contribution in [-0.4, -0.2) is 54.9 Å². The van der Waals surface area contributed by atoms with Gasteiger partial charge < -0.3 is 9.80 Å². The summed E-state index contributed by atoms with van der Waals surface area (Å²) in [5.41, 5.74) is 0. The van der Waals surface area contributed by atoms with Crippen molar-refractivity contribution in [2.45, 2.75) is 46.5 Å². The lowest BCUT2D eigenvalue weighted by Crippen LogP contribution is -2.43. The highest BCUT2D eigenvalue weighted by Crippen LogP contribution is 2.24. The second kappa shape index (κ2) is 7.56. The Morgan fingerprint density at radius 1 is 0.950 bits per heavy atom. The lowest BCUT2D eigenvalue weighted by atomic mass is 9.87. The number of likely N-dealkylation sites (tertiary alicyclic amines) is 2. The van der Waals surface area contributed by atoms with E-state index in [9.17, 15) is 4.79 Å². The number of piperidine rings is 2. The van der Waals surface area contributed by atoms with Crippen LogP contribution in [0.2, 0.25) is 0 Å². The minimum Gasteiger partial charge on any atom is -0.302 e. The van der Waals surface area contributed by atoms with Gasteiger partial charge in [0.2, 0.25) is 0 Å². The fraction of sp³-hybridized carbons (Fsp3) is 0.941. The van der Waals surface area contributed by atoms with E-state index < -0.39 is 0 Å². The van der Waals surface area contributed by atoms with E-state index in [0.717, 1.165) is 37.8 Å². The van der Waals surface area contributed by atoms with Gasteiger partial charge in [-0.1, -0.05) is 13.8 Å². The Balaban J connectivity index is 1.61. The molecule has 0 spiro atoms. The van der Waals surface area contributed by atoms with Crippen molar-refractivity contribution in [1.29, 1.82) is 0 Å². The zero-order valence-corrected chi connectivity index (χ0v) is 13.6. The van der Waals surface area contributed by atoms with Crippen LogP contribution in [0.5, 0.6) is 0 Å².